The van der Waals surface area contributed by atoms with Crippen LogP contribution in [0.3, 0.4) is 0 Å². The molecule has 0 heterocycles. The molecule has 0 saturated carbocycles. The van der Waals surface area contributed by atoms with E-state index in [-0.39, 0.29) is 4.90 Å². The average molecular weight is 339 g/mol. The van der Waals surface area contributed by atoms with Crippen molar-refractivity contribution in [1.82, 2.24) is 4.31 Å². The molecule has 0 saturated heterocycles. The Morgan fingerprint density at radius 1 is 1.00 bits per heavy atom. The lowest BCUT2D eigenvalue weighted by Gasteiger charge is -2.25. The van der Waals surface area contributed by atoms with E-state index < -0.39 is 27.7 Å². The second-order valence-corrected chi connectivity index (χ2v) is 7.61. The number of rotatable bonds is 4. The fourth-order valence-corrected chi connectivity index (χ4v) is 3.99. The molecule has 2 aromatic carbocycles. The molecule has 124 valence electrons. The molecule has 0 N–H and O–H groups in total. The molecule has 2 rings (SSSR count). The number of benzene rings is 2. The lowest BCUT2D eigenvalue weighted by Crippen LogP contribution is -2.30. The number of hydrogen-bond acceptors (Lipinski definition) is 2. The van der Waals surface area contributed by atoms with Gasteiger partial charge in [-0.1, -0.05) is 18.2 Å². The molecule has 2 aromatic rings. The largest absolute Gasteiger partial charge is 0.243 e. The summed E-state index contributed by atoms with van der Waals surface area (Å²) in [5.41, 5.74) is 1.86. The highest BCUT2D eigenvalue weighted by Gasteiger charge is 2.28. The minimum absolute atomic E-state index is 0.217. The lowest BCUT2D eigenvalue weighted by molar-refractivity contribution is 0.395. The van der Waals surface area contributed by atoms with Gasteiger partial charge in [0.15, 0.2) is 11.6 Å². The molecule has 1 atom stereocenters. The van der Waals surface area contributed by atoms with Gasteiger partial charge >= 0.3 is 0 Å². The van der Waals surface area contributed by atoms with Gasteiger partial charge in [0.2, 0.25) is 10.0 Å². The minimum Gasteiger partial charge on any atom is -0.207 e. The average Bonchev–Trinajstić information content (AvgIpc) is 2.50. The molecule has 0 radical (unpaired) electrons. The number of nitrogens with zero attached hydrogens (tertiary/aromatic N) is 1. The highest BCUT2D eigenvalue weighted by Crippen LogP contribution is 2.28. The van der Waals surface area contributed by atoms with Crippen LogP contribution < -0.4 is 0 Å². The zero-order valence-corrected chi connectivity index (χ0v) is 14.3. The van der Waals surface area contributed by atoms with Crippen LogP contribution >= 0.6 is 0 Å². The fourth-order valence-electron chi connectivity index (χ4n) is 2.33. The third-order valence-corrected chi connectivity index (χ3v) is 6.04. The van der Waals surface area contributed by atoms with Gasteiger partial charge in [-0.2, -0.15) is 4.31 Å². The number of halogens is 2. The molecular weight excluding hydrogens is 320 g/mol. The summed E-state index contributed by atoms with van der Waals surface area (Å²) in [7, 11) is -2.31. The van der Waals surface area contributed by atoms with Crippen molar-refractivity contribution in [2.24, 2.45) is 0 Å². The van der Waals surface area contributed by atoms with Crippen LogP contribution in [0.15, 0.2) is 41.3 Å². The van der Waals surface area contributed by atoms with Gasteiger partial charge in [0.05, 0.1) is 4.90 Å². The van der Waals surface area contributed by atoms with Crippen LogP contribution in [0.25, 0.3) is 0 Å². The van der Waals surface area contributed by atoms with Gasteiger partial charge in [0, 0.05) is 13.1 Å². The van der Waals surface area contributed by atoms with E-state index >= 15 is 0 Å². The van der Waals surface area contributed by atoms with Crippen molar-refractivity contribution in [3.05, 3.63) is 64.7 Å². The van der Waals surface area contributed by atoms with Crippen LogP contribution in [0.4, 0.5) is 8.78 Å². The van der Waals surface area contributed by atoms with Crippen molar-refractivity contribution in [3.8, 4) is 0 Å². The van der Waals surface area contributed by atoms with Gasteiger partial charge in [-0.3, -0.25) is 0 Å². The fraction of sp³-hybridized carbons (Fsp3) is 0.294. The Labute approximate surface area is 135 Å². The van der Waals surface area contributed by atoms with E-state index in [1.807, 2.05) is 13.0 Å². The van der Waals surface area contributed by atoms with Gasteiger partial charge in [-0.05, 0) is 55.7 Å². The second-order valence-electron chi connectivity index (χ2n) is 5.64. The molecule has 3 nitrogen and oxygen atoms in total. The summed E-state index contributed by atoms with van der Waals surface area (Å²) >= 11 is 0. The number of aryl methyl sites for hydroxylation is 2. The predicted octanol–water partition coefficient (Wildman–Crippen LogP) is 3.96. The minimum atomic E-state index is -3.75. The number of sulfonamides is 1. The summed E-state index contributed by atoms with van der Waals surface area (Å²) in [5.74, 6) is -1.95. The number of hydrogen-bond donors (Lipinski definition) is 0. The maximum absolute atomic E-state index is 13.4. The first kappa shape index (κ1) is 17.6. The molecule has 0 aliphatic carbocycles. The maximum Gasteiger partial charge on any atom is 0.243 e. The van der Waals surface area contributed by atoms with Gasteiger partial charge in [0.1, 0.15) is 0 Å². The van der Waals surface area contributed by atoms with E-state index in [1.165, 1.54) is 17.4 Å². The van der Waals surface area contributed by atoms with E-state index in [0.29, 0.717) is 11.1 Å². The Bertz CT molecular complexity index is 834. The van der Waals surface area contributed by atoms with E-state index in [1.54, 1.807) is 26.0 Å². The smallest absolute Gasteiger partial charge is 0.207 e. The maximum atomic E-state index is 13.4. The summed E-state index contributed by atoms with van der Waals surface area (Å²) in [6.07, 6.45) is 0. The monoisotopic (exact) mass is 339 g/mol. The summed E-state index contributed by atoms with van der Waals surface area (Å²) in [5, 5.41) is 0. The summed E-state index contributed by atoms with van der Waals surface area (Å²) in [4.78, 5) is 0.217. The first-order valence-electron chi connectivity index (χ1n) is 7.15. The highest BCUT2D eigenvalue weighted by atomic mass is 32.2. The van der Waals surface area contributed by atoms with Crippen LogP contribution in [0.5, 0.6) is 0 Å². The van der Waals surface area contributed by atoms with Crippen molar-refractivity contribution in [2.75, 3.05) is 7.05 Å². The van der Waals surface area contributed by atoms with E-state index in [4.69, 9.17) is 0 Å². The Morgan fingerprint density at radius 3 is 2.26 bits per heavy atom. The van der Waals surface area contributed by atoms with Gasteiger partial charge in [-0.15, -0.1) is 0 Å². The molecule has 0 fully saturated rings. The van der Waals surface area contributed by atoms with E-state index in [2.05, 4.69) is 0 Å². The molecule has 0 unspecified atom stereocenters. The molecule has 23 heavy (non-hydrogen) atoms. The summed E-state index contributed by atoms with van der Waals surface area (Å²) in [6, 6.07) is 7.98. The van der Waals surface area contributed by atoms with Crippen molar-refractivity contribution in [1.29, 1.82) is 0 Å². The van der Waals surface area contributed by atoms with Crippen molar-refractivity contribution >= 4 is 10.0 Å². The quantitative estimate of drug-likeness (QED) is 0.845. The van der Waals surface area contributed by atoms with Crippen molar-refractivity contribution < 1.29 is 17.2 Å². The SMILES string of the molecule is Cc1ccc(C)c(S(=O)(=O)N(C)[C@H](C)c2ccc(F)c(F)c2)c1. The van der Waals surface area contributed by atoms with Crippen LogP contribution in [-0.2, 0) is 10.0 Å². The van der Waals surface area contributed by atoms with Crippen molar-refractivity contribution in [3.63, 3.8) is 0 Å². The molecule has 0 spiro atoms. The van der Waals surface area contributed by atoms with Crippen LogP contribution in [0.2, 0.25) is 0 Å². The zero-order valence-electron chi connectivity index (χ0n) is 13.5. The highest BCUT2D eigenvalue weighted by molar-refractivity contribution is 7.89. The predicted molar refractivity (Wildman–Crippen MR) is 85.6 cm³/mol. The molecule has 0 aliphatic rings. The topological polar surface area (TPSA) is 37.4 Å². The Balaban J connectivity index is 2.43. The van der Waals surface area contributed by atoms with Gasteiger partial charge < -0.3 is 0 Å². The summed E-state index contributed by atoms with van der Waals surface area (Å²) in [6.45, 7) is 5.18. The molecule has 0 amide bonds. The Kier molecular flexibility index (Phi) is 4.87. The van der Waals surface area contributed by atoms with Crippen LogP contribution in [-0.4, -0.2) is 19.8 Å². The van der Waals surface area contributed by atoms with Crippen molar-refractivity contribution in [2.45, 2.75) is 31.7 Å². The molecular formula is C17H19F2NO2S. The van der Waals surface area contributed by atoms with E-state index in [0.717, 1.165) is 17.7 Å². The zero-order chi connectivity index (χ0) is 17.4. The van der Waals surface area contributed by atoms with E-state index in [9.17, 15) is 17.2 Å². The molecule has 0 bridgehead atoms. The van der Waals surface area contributed by atoms with Crippen LogP contribution in [0, 0.1) is 25.5 Å². The first-order valence-corrected chi connectivity index (χ1v) is 8.59. The van der Waals surface area contributed by atoms with Gasteiger partial charge in [0.25, 0.3) is 0 Å². The van der Waals surface area contributed by atoms with Gasteiger partial charge in [-0.25, -0.2) is 17.2 Å². The Hall–Kier alpha value is -1.79. The lowest BCUT2D eigenvalue weighted by atomic mass is 10.1. The van der Waals surface area contributed by atoms with Crippen LogP contribution in [0.1, 0.15) is 29.7 Å². The Morgan fingerprint density at radius 2 is 1.65 bits per heavy atom. The summed E-state index contributed by atoms with van der Waals surface area (Å²) < 4.78 is 53.3. The first-order chi connectivity index (χ1) is 10.6. The third kappa shape index (κ3) is 3.43. The molecule has 0 aromatic heterocycles. The normalized spacial score (nSPS) is 13.3. The second kappa shape index (κ2) is 6.37. The third-order valence-electron chi connectivity index (χ3n) is 3.97. The molecule has 0 aliphatic heterocycles. The standard InChI is InChI=1S/C17H19F2NO2S/c1-11-5-6-12(2)17(9-11)23(21,22)20(4)13(3)14-7-8-15(18)16(19)10-14/h5-10,13H,1-4H3/t13-/m1/s1. The molecule has 6 heteroatoms.